The molecule has 0 N–H and O–H groups in total. The Balaban J connectivity index is 2.12. The standard InChI is InChI=1S/C19H24F3NO3/c1-18(2,3)26-17(25)23-10-5-4-9-15(23)12-16(24)13-7-6-8-14(11-13)19(20,21)22/h6-8,11,15H,4-5,9-10,12H2,1-3H3. The fraction of sp³-hybridized carbons (Fsp3) is 0.579. The van der Waals surface area contributed by atoms with Crippen LogP contribution in [0.4, 0.5) is 18.0 Å². The van der Waals surface area contributed by atoms with Crippen LogP contribution in [0.25, 0.3) is 0 Å². The van der Waals surface area contributed by atoms with E-state index >= 15 is 0 Å². The van der Waals surface area contributed by atoms with Crippen molar-refractivity contribution < 1.29 is 27.5 Å². The van der Waals surface area contributed by atoms with Gasteiger partial charge in [-0.3, -0.25) is 4.79 Å². The van der Waals surface area contributed by atoms with E-state index in [0.717, 1.165) is 25.0 Å². The van der Waals surface area contributed by atoms with Crippen LogP contribution >= 0.6 is 0 Å². The third-order valence-electron chi connectivity index (χ3n) is 4.19. The normalized spacial score (nSPS) is 18.5. The number of rotatable bonds is 3. The average molecular weight is 371 g/mol. The maximum atomic E-state index is 12.8. The fourth-order valence-electron chi connectivity index (χ4n) is 2.97. The first-order valence-electron chi connectivity index (χ1n) is 8.67. The number of carbonyl (C=O) groups excluding carboxylic acids is 2. The van der Waals surface area contributed by atoms with Gasteiger partial charge in [-0.25, -0.2) is 4.79 Å². The van der Waals surface area contributed by atoms with E-state index in [1.54, 1.807) is 20.8 Å². The lowest BCUT2D eigenvalue weighted by Gasteiger charge is -2.36. The number of nitrogens with zero attached hydrogens (tertiary/aromatic N) is 1. The Morgan fingerprint density at radius 1 is 1.19 bits per heavy atom. The Hall–Kier alpha value is -2.05. The summed E-state index contributed by atoms with van der Waals surface area (Å²) < 4.78 is 43.9. The number of carbonyl (C=O) groups is 2. The minimum atomic E-state index is -4.50. The number of hydrogen-bond acceptors (Lipinski definition) is 3. The van der Waals surface area contributed by atoms with E-state index in [4.69, 9.17) is 4.74 Å². The van der Waals surface area contributed by atoms with Gasteiger partial charge < -0.3 is 9.64 Å². The molecule has 1 amide bonds. The van der Waals surface area contributed by atoms with E-state index in [1.165, 1.54) is 17.0 Å². The van der Waals surface area contributed by atoms with Crippen molar-refractivity contribution in [2.45, 2.75) is 64.3 Å². The Morgan fingerprint density at radius 3 is 2.50 bits per heavy atom. The van der Waals surface area contributed by atoms with Crippen LogP contribution in [-0.2, 0) is 10.9 Å². The zero-order valence-electron chi connectivity index (χ0n) is 15.2. The number of Topliss-reactive ketones (excluding diaryl/α,β-unsaturated/α-hetero) is 1. The smallest absolute Gasteiger partial charge is 0.416 e. The predicted molar refractivity (Wildman–Crippen MR) is 91.0 cm³/mol. The lowest BCUT2D eigenvalue weighted by atomic mass is 9.94. The molecule has 1 aromatic rings. The van der Waals surface area contributed by atoms with Gasteiger partial charge in [-0.1, -0.05) is 12.1 Å². The molecule has 0 saturated carbocycles. The van der Waals surface area contributed by atoms with Gasteiger partial charge in [-0.15, -0.1) is 0 Å². The third-order valence-corrected chi connectivity index (χ3v) is 4.19. The first-order chi connectivity index (χ1) is 12.0. The number of piperidine rings is 1. The summed E-state index contributed by atoms with van der Waals surface area (Å²) in [6, 6.07) is 4.04. The molecular weight excluding hydrogens is 347 g/mol. The van der Waals surface area contributed by atoms with Crippen LogP contribution in [0.2, 0.25) is 0 Å². The van der Waals surface area contributed by atoms with Gasteiger partial charge in [0, 0.05) is 24.6 Å². The van der Waals surface area contributed by atoms with Crippen molar-refractivity contribution in [2.75, 3.05) is 6.54 Å². The highest BCUT2D eigenvalue weighted by atomic mass is 19.4. The number of benzene rings is 1. The molecule has 1 atom stereocenters. The second-order valence-electron chi connectivity index (χ2n) is 7.53. The quantitative estimate of drug-likeness (QED) is 0.697. The van der Waals surface area contributed by atoms with Gasteiger partial charge in [0.25, 0.3) is 0 Å². The first-order valence-corrected chi connectivity index (χ1v) is 8.67. The highest BCUT2D eigenvalue weighted by Gasteiger charge is 2.33. The van der Waals surface area contributed by atoms with Crippen molar-refractivity contribution in [3.05, 3.63) is 35.4 Å². The highest BCUT2D eigenvalue weighted by Crippen LogP contribution is 2.30. The summed E-state index contributed by atoms with van der Waals surface area (Å²) in [4.78, 5) is 26.4. The lowest BCUT2D eigenvalue weighted by Crippen LogP contribution is -2.46. The highest BCUT2D eigenvalue weighted by molar-refractivity contribution is 5.96. The molecule has 1 saturated heterocycles. The van der Waals surface area contributed by atoms with Crippen molar-refractivity contribution in [2.24, 2.45) is 0 Å². The summed E-state index contributed by atoms with van der Waals surface area (Å²) in [6.07, 6.45) is -2.69. The second-order valence-corrected chi connectivity index (χ2v) is 7.53. The lowest BCUT2D eigenvalue weighted by molar-refractivity contribution is -0.137. The monoisotopic (exact) mass is 371 g/mol. The molecule has 1 aliphatic rings. The summed E-state index contributed by atoms with van der Waals surface area (Å²) in [7, 11) is 0. The Bertz CT molecular complexity index is 665. The van der Waals surface area contributed by atoms with Crippen LogP contribution in [-0.4, -0.2) is 35.0 Å². The minimum Gasteiger partial charge on any atom is -0.444 e. The summed E-state index contributed by atoms with van der Waals surface area (Å²) in [5.74, 6) is -0.406. The van der Waals surface area contributed by atoms with Gasteiger partial charge in [-0.05, 0) is 52.2 Å². The maximum absolute atomic E-state index is 12.8. The molecule has 0 spiro atoms. The first kappa shape index (κ1) is 20.3. The van der Waals surface area contributed by atoms with Crippen LogP contribution in [0.3, 0.4) is 0 Å². The molecule has 1 unspecified atom stereocenters. The number of alkyl halides is 3. The van der Waals surface area contributed by atoms with Gasteiger partial charge in [0.15, 0.2) is 5.78 Å². The summed E-state index contributed by atoms with van der Waals surface area (Å²) >= 11 is 0. The van der Waals surface area contributed by atoms with E-state index in [9.17, 15) is 22.8 Å². The van der Waals surface area contributed by atoms with E-state index in [-0.39, 0.29) is 18.0 Å². The van der Waals surface area contributed by atoms with Crippen molar-refractivity contribution >= 4 is 11.9 Å². The van der Waals surface area contributed by atoms with Crippen molar-refractivity contribution in [1.29, 1.82) is 0 Å². The predicted octanol–water partition coefficient (Wildman–Crippen LogP) is 5.07. The second kappa shape index (κ2) is 7.68. The summed E-state index contributed by atoms with van der Waals surface area (Å²) in [5, 5.41) is 0. The van der Waals surface area contributed by atoms with E-state index in [0.29, 0.717) is 13.0 Å². The SMILES string of the molecule is CC(C)(C)OC(=O)N1CCCCC1CC(=O)c1cccc(C(F)(F)F)c1. The van der Waals surface area contributed by atoms with Crippen molar-refractivity contribution in [1.82, 2.24) is 4.90 Å². The van der Waals surface area contributed by atoms with Crippen molar-refractivity contribution in [3.63, 3.8) is 0 Å². The molecule has 1 heterocycles. The third kappa shape index (κ3) is 5.47. The van der Waals surface area contributed by atoms with Gasteiger partial charge in [-0.2, -0.15) is 13.2 Å². The van der Waals surface area contributed by atoms with E-state index in [1.807, 2.05) is 0 Å². The molecule has 1 fully saturated rings. The van der Waals surface area contributed by atoms with Gasteiger partial charge >= 0.3 is 12.3 Å². The Morgan fingerprint density at radius 2 is 1.88 bits per heavy atom. The van der Waals surface area contributed by atoms with Crippen LogP contribution in [0, 0.1) is 0 Å². The zero-order chi connectivity index (χ0) is 19.5. The Labute approximate surface area is 151 Å². The van der Waals surface area contributed by atoms with Gasteiger partial charge in [0.1, 0.15) is 5.60 Å². The molecule has 0 bridgehead atoms. The average Bonchev–Trinajstić information content (AvgIpc) is 2.53. The van der Waals surface area contributed by atoms with E-state index in [2.05, 4.69) is 0 Å². The summed E-state index contributed by atoms with van der Waals surface area (Å²) in [5.41, 5.74) is -1.49. The molecule has 0 aromatic heterocycles. The van der Waals surface area contributed by atoms with Crippen LogP contribution in [0.1, 0.15) is 62.4 Å². The summed E-state index contributed by atoms with van der Waals surface area (Å²) in [6.45, 7) is 5.77. The number of likely N-dealkylation sites (tertiary alicyclic amines) is 1. The largest absolute Gasteiger partial charge is 0.444 e. The molecule has 1 aliphatic heterocycles. The number of hydrogen-bond donors (Lipinski definition) is 0. The van der Waals surface area contributed by atoms with Gasteiger partial charge in [0.05, 0.1) is 5.56 Å². The molecule has 7 heteroatoms. The number of halogens is 3. The number of ether oxygens (including phenoxy) is 1. The molecule has 4 nitrogen and oxygen atoms in total. The molecule has 2 rings (SSSR count). The maximum Gasteiger partial charge on any atom is 0.416 e. The number of ketones is 1. The van der Waals surface area contributed by atoms with Crippen LogP contribution in [0.5, 0.6) is 0 Å². The molecule has 0 radical (unpaired) electrons. The topological polar surface area (TPSA) is 46.6 Å². The van der Waals surface area contributed by atoms with Crippen LogP contribution in [0.15, 0.2) is 24.3 Å². The molecule has 0 aliphatic carbocycles. The molecule has 1 aromatic carbocycles. The number of amides is 1. The van der Waals surface area contributed by atoms with Gasteiger partial charge in [0.2, 0.25) is 0 Å². The molecule has 26 heavy (non-hydrogen) atoms. The molecular formula is C19H24F3NO3. The van der Waals surface area contributed by atoms with Crippen LogP contribution < -0.4 is 0 Å². The minimum absolute atomic E-state index is 0.00883. The zero-order valence-corrected chi connectivity index (χ0v) is 15.2. The van der Waals surface area contributed by atoms with Crippen molar-refractivity contribution in [3.8, 4) is 0 Å². The molecule has 144 valence electrons. The van der Waals surface area contributed by atoms with E-state index < -0.39 is 29.2 Å². The fourth-order valence-corrected chi connectivity index (χ4v) is 2.97. The Kier molecular flexibility index (Phi) is 5.98.